The number of amides is 1. The summed E-state index contributed by atoms with van der Waals surface area (Å²) in [4.78, 5) is 19.4. The van der Waals surface area contributed by atoms with Gasteiger partial charge in [0, 0.05) is 44.2 Å². The van der Waals surface area contributed by atoms with Crippen LogP contribution in [0.2, 0.25) is 0 Å². The molecule has 0 atom stereocenters. The quantitative estimate of drug-likeness (QED) is 0.852. The molecular weight excluding hydrogens is 316 g/mol. The number of aromatic nitrogens is 3. The van der Waals surface area contributed by atoms with Crippen LogP contribution in [0.25, 0.3) is 5.65 Å². The Hall–Kier alpha value is -2.15. The first-order valence-electron chi connectivity index (χ1n) is 9.22. The molecule has 0 aliphatic carbocycles. The second-order valence-electron chi connectivity index (χ2n) is 7.45. The van der Waals surface area contributed by atoms with Crippen molar-refractivity contribution in [2.45, 2.75) is 26.7 Å². The third-order valence-corrected chi connectivity index (χ3v) is 5.02. The Balaban J connectivity index is 1.57. The highest BCUT2D eigenvalue weighted by Crippen LogP contribution is 2.31. The minimum absolute atomic E-state index is 0.0667. The first kappa shape index (κ1) is 16.3. The molecule has 134 valence electrons. The van der Waals surface area contributed by atoms with E-state index in [1.54, 1.807) is 6.20 Å². The molecule has 1 saturated heterocycles. The zero-order valence-corrected chi connectivity index (χ0v) is 15.0. The fraction of sp³-hybridized carbons (Fsp3) is 0.611. The van der Waals surface area contributed by atoms with Gasteiger partial charge in [0.1, 0.15) is 5.82 Å². The summed E-state index contributed by atoms with van der Waals surface area (Å²) in [6, 6.07) is 1.95. The summed E-state index contributed by atoms with van der Waals surface area (Å²) in [6.07, 6.45) is 3.69. The molecule has 1 amide bonds. The van der Waals surface area contributed by atoms with E-state index in [0.29, 0.717) is 5.92 Å². The average molecular weight is 342 g/mol. The SMILES string of the molecule is CC(C)CNC(=O)C1CN(c2c3c(nc4ccnn24)CCNCC3)C1. The molecule has 1 fully saturated rings. The van der Waals surface area contributed by atoms with Crippen molar-refractivity contribution >= 4 is 17.4 Å². The summed E-state index contributed by atoms with van der Waals surface area (Å²) in [5.41, 5.74) is 3.34. The monoisotopic (exact) mass is 342 g/mol. The highest BCUT2D eigenvalue weighted by atomic mass is 16.2. The van der Waals surface area contributed by atoms with Gasteiger partial charge < -0.3 is 15.5 Å². The molecule has 2 N–H and O–H groups in total. The second-order valence-corrected chi connectivity index (χ2v) is 7.45. The maximum atomic E-state index is 12.3. The van der Waals surface area contributed by atoms with Crippen LogP contribution in [-0.4, -0.2) is 53.2 Å². The van der Waals surface area contributed by atoms with Crippen LogP contribution >= 0.6 is 0 Å². The molecule has 0 spiro atoms. The van der Waals surface area contributed by atoms with E-state index in [0.717, 1.165) is 57.0 Å². The van der Waals surface area contributed by atoms with Crippen molar-refractivity contribution in [3.05, 3.63) is 23.5 Å². The number of hydrogen-bond donors (Lipinski definition) is 2. The smallest absolute Gasteiger partial charge is 0.226 e. The normalized spacial score (nSPS) is 18.1. The molecule has 0 aromatic carbocycles. The Morgan fingerprint density at radius 1 is 1.36 bits per heavy atom. The maximum Gasteiger partial charge on any atom is 0.226 e. The maximum absolute atomic E-state index is 12.3. The fourth-order valence-corrected chi connectivity index (χ4v) is 3.61. The summed E-state index contributed by atoms with van der Waals surface area (Å²) >= 11 is 0. The third-order valence-electron chi connectivity index (χ3n) is 5.02. The van der Waals surface area contributed by atoms with Crippen LogP contribution in [0.5, 0.6) is 0 Å². The van der Waals surface area contributed by atoms with Gasteiger partial charge >= 0.3 is 0 Å². The highest BCUT2D eigenvalue weighted by Gasteiger charge is 2.36. The van der Waals surface area contributed by atoms with Gasteiger partial charge in [-0.25, -0.2) is 4.98 Å². The topological polar surface area (TPSA) is 74.6 Å². The van der Waals surface area contributed by atoms with Gasteiger partial charge in [-0.1, -0.05) is 13.8 Å². The highest BCUT2D eigenvalue weighted by molar-refractivity contribution is 5.82. The van der Waals surface area contributed by atoms with Gasteiger partial charge in [0.05, 0.1) is 17.8 Å². The predicted molar refractivity (Wildman–Crippen MR) is 96.8 cm³/mol. The molecule has 4 heterocycles. The molecule has 2 aromatic heterocycles. The van der Waals surface area contributed by atoms with E-state index < -0.39 is 0 Å². The summed E-state index contributed by atoms with van der Waals surface area (Å²) in [7, 11) is 0. The number of carbonyl (C=O) groups is 1. The Morgan fingerprint density at radius 2 is 2.16 bits per heavy atom. The van der Waals surface area contributed by atoms with Crippen LogP contribution in [0.15, 0.2) is 12.3 Å². The Bertz CT molecular complexity index is 777. The van der Waals surface area contributed by atoms with Crippen LogP contribution in [0.3, 0.4) is 0 Å². The molecule has 0 bridgehead atoms. The van der Waals surface area contributed by atoms with Gasteiger partial charge in [0.2, 0.25) is 5.91 Å². The van der Waals surface area contributed by atoms with E-state index >= 15 is 0 Å². The van der Waals surface area contributed by atoms with Gasteiger partial charge in [-0.15, -0.1) is 0 Å². The van der Waals surface area contributed by atoms with Gasteiger partial charge in [-0.2, -0.15) is 9.61 Å². The van der Waals surface area contributed by atoms with Crippen LogP contribution < -0.4 is 15.5 Å². The first-order valence-corrected chi connectivity index (χ1v) is 9.22. The summed E-state index contributed by atoms with van der Waals surface area (Å²) < 4.78 is 1.94. The van der Waals surface area contributed by atoms with Gasteiger partial charge in [0.25, 0.3) is 0 Å². The van der Waals surface area contributed by atoms with Crippen LogP contribution in [0.4, 0.5) is 5.82 Å². The van der Waals surface area contributed by atoms with E-state index in [4.69, 9.17) is 4.98 Å². The molecular formula is C18H26N6O. The van der Waals surface area contributed by atoms with Crippen molar-refractivity contribution in [1.29, 1.82) is 0 Å². The van der Waals surface area contributed by atoms with Crippen molar-refractivity contribution in [2.75, 3.05) is 37.6 Å². The fourth-order valence-electron chi connectivity index (χ4n) is 3.61. The van der Waals surface area contributed by atoms with Crippen LogP contribution in [0, 0.1) is 11.8 Å². The summed E-state index contributed by atoms with van der Waals surface area (Å²) in [5, 5.41) is 11.0. The molecule has 7 heteroatoms. The zero-order valence-electron chi connectivity index (χ0n) is 15.0. The number of nitrogens with zero attached hydrogens (tertiary/aromatic N) is 4. The van der Waals surface area contributed by atoms with Crippen molar-refractivity contribution in [3.8, 4) is 0 Å². The average Bonchev–Trinajstić information content (AvgIpc) is 2.87. The molecule has 7 nitrogen and oxygen atoms in total. The molecule has 25 heavy (non-hydrogen) atoms. The third kappa shape index (κ3) is 3.08. The van der Waals surface area contributed by atoms with Crippen molar-refractivity contribution < 1.29 is 4.79 Å². The summed E-state index contributed by atoms with van der Waals surface area (Å²) in [6.45, 7) is 8.40. The Morgan fingerprint density at radius 3 is 2.96 bits per heavy atom. The number of hydrogen-bond acceptors (Lipinski definition) is 5. The zero-order chi connectivity index (χ0) is 17.4. The molecule has 2 aliphatic heterocycles. The standard InChI is InChI=1S/C18H26N6O/c1-12(2)9-20-17(25)13-10-23(11-13)18-14-3-6-19-7-4-15(14)22-16-5-8-21-24(16)18/h5,8,12-13,19H,3-4,6-7,9-11H2,1-2H3,(H,20,25). The minimum atomic E-state index is 0.0667. The van der Waals surface area contributed by atoms with Crippen molar-refractivity contribution in [2.24, 2.45) is 11.8 Å². The van der Waals surface area contributed by atoms with E-state index in [9.17, 15) is 4.79 Å². The Labute approximate surface area is 147 Å². The van der Waals surface area contributed by atoms with Gasteiger partial charge in [-0.05, 0) is 18.9 Å². The largest absolute Gasteiger partial charge is 0.355 e. The Kier molecular flexibility index (Phi) is 4.33. The van der Waals surface area contributed by atoms with Crippen LogP contribution in [-0.2, 0) is 17.6 Å². The number of rotatable bonds is 4. The first-order chi connectivity index (χ1) is 12.1. The lowest BCUT2D eigenvalue weighted by Gasteiger charge is -2.41. The molecule has 4 rings (SSSR count). The lowest BCUT2D eigenvalue weighted by atomic mass is 9.97. The minimum Gasteiger partial charge on any atom is -0.355 e. The summed E-state index contributed by atoms with van der Waals surface area (Å²) in [5.74, 6) is 1.84. The van der Waals surface area contributed by atoms with E-state index in [1.807, 2.05) is 10.6 Å². The predicted octanol–water partition coefficient (Wildman–Crippen LogP) is 0.626. The lowest BCUT2D eigenvalue weighted by Crippen LogP contribution is -2.55. The van der Waals surface area contributed by atoms with Crippen molar-refractivity contribution in [1.82, 2.24) is 25.2 Å². The number of carbonyl (C=O) groups excluding carboxylic acids is 1. The number of nitrogens with one attached hydrogen (secondary N) is 2. The molecule has 0 radical (unpaired) electrons. The van der Waals surface area contributed by atoms with Crippen molar-refractivity contribution in [3.63, 3.8) is 0 Å². The van der Waals surface area contributed by atoms with E-state index in [-0.39, 0.29) is 11.8 Å². The lowest BCUT2D eigenvalue weighted by molar-refractivity contribution is -0.125. The van der Waals surface area contributed by atoms with Crippen LogP contribution in [0.1, 0.15) is 25.1 Å². The molecule has 2 aromatic rings. The second kappa shape index (κ2) is 6.63. The van der Waals surface area contributed by atoms with E-state index in [1.165, 1.54) is 11.3 Å². The van der Waals surface area contributed by atoms with Gasteiger partial charge in [0.15, 0.2) is 5.65 Å². The van der Waals surface area contributed by atoms with E-state index in [2.05, 4.69) is 34.5 Å². The molecule has 2 aliphatic rings. The molecule has 0 unspecified atom stereocenters. The van der Waals surface area contributed by atoms with Gasteiger partial charge in [-0.3, -0.25) is 4.79 Å². The molecule has 0 saturated carbocycles. The number of fused-ring (bicyclic) bond motifs is 2. The number of anilines is 1.